The van der Waals surface area contributed by atoms with Crippen LogP contribution in [0.15, 0.2) is 26.0 Å². The molecule has 5 heteroatoms. The maximum Gasteiger partial charge on any atom is 0.350 e. The van der Waals surface area contributed by atoms with E-state index in [1.807, 2.05) is 0 Å². The molecule has 3 saturated carbocycles. The number of amides is 1. The van der Waals surface area contributed by atoms with Crippen molar-refractivity contribution in [1.82, 2.24) is 5.32 Å². The van der Waals surface area contributed by atoms with Crippen molar-refractivity contribution >= 4 is 21.8 Å². The lowest BCUT2D eigenvalue weighted by atomic mass is 9.62. The first-order valence-electron chi connectivity index (χ1n) is 8.62. The molecule has 3 aliphatic carbocycles. The first-order valence-corrected chi connectivity index (χ1v) is 9.41. The molecule has 124 valence electrons. The highest BCUT2D eigenvalue weighted by Crippen LogP contribution is 2.58. The molecule has 1 aromatic heterocycles. The fourth-order valence-corrected chi connectivity index (χ4v) is 5.97. The third kappa shape index (κ3) is 2.67. The maximum atomic E-state index is 12.5. The monoisotopic (exact) mass is 379 g/mol. The van der Waals surface area contributed by atoms with Crippen LogP contribution in [0.25, 0.3) is 0 Å². The van der Waals surface area contributed by atoms with E-state index in [2.05, 4.69) is 28.2 Å². The van der Waals surface area contributed by atoms with Crippen LogP contribution in [-0.2, 0) is 0 Å². The van der Waals surface area contributed by atoms with Crippen LogP contribution in [0, 0.1) is 29.6 Å². The summed E-state index contributed by atoms with van der Waals surface area (Å²) < 4.78 is 5.16. The molecule has 0 saturated heterocycles. The summed E-state index contributed by atoms with van der Waals surface area (Å²) in [4.78, 5) is 23.8. The molecule has 3 fully saturated rings. The zero-order chi connectivity index (χ0) is 16.1. The van der Waals surface area contributed by atoms with Crippen LogP contribution in [0.2, 0.25) is 0 Å². The summed E-state index contributed by atoms with van der Waals surface area (Å²) in [6, 6.07) is 1.71. The fraction of sp³-hybridized carbons (Fsp3) is 0.667. The number of nitrogens with one attached hydrogen (secondary N) is 1. The van der Waals surface area contributed by atoms with Crippen LogP contribution in [-0.4, -0.2) is 11.9 Å². The van der Waals surface area contributed by atoms with Crippen molar-refractivity contribution in [3.05, 3.63) is 32.8 Å². The molecular formula is C18H22BrNO3. The number of fused-ring (bicyclic) bond motifs is 2. The van der Waals surface area contributed by atoms with Crippen molar-refractivity contribution < 1.29 is 9.21 Å². The molecular weight excluding hydrogens is 358 g/mol. The Morgan fingerprint density at radius 3 is 2.83 bits per heavy atom. The topological polar surface area (TPSA) is 59.3 Å². The molecule has 0 spiro atoms. The number of hydrogen-bond acceptors (Lipinski definition) is 3. The smallest absolute Gasteiger partial charge is 0.350 e. The van der Waals surface area contributed by atoms with Crippen molar-refractivity contribution in [2.45, 2.75) is 45.1 Å². The molecule has 1 N–H and O–H groups in total. The summed E-state index contributed by atoms with van der Waals surface area (Å²) in [6.07, 6.45) is 8.08. The van der Waals surface area contributed by atoms with Gasteiger partial charge in [-0.15, -0.1) is 0 Å². The highest BCUT2D eigenvalue weighted by Gasteiger charge is 2.51. The number of rotatable bonds is 3. The van der Waals surface area contributed by atoms with Gasteiger partial charge in [0.1, 0.15) is 10.7 Å². The fourth-order valence-electron chi connectivity index (χ4n) is 5.63. The van der Waals surface area contributed by atoms with Crippen molar-refractivity contribution in [2.24, 2.45) is 29.6 Å². The minimum absolute atomic E-state index is 0.155. The lowest BCUT2D eigenvalue weighted by Crippen LogP contribution is -2.48. The van der Waals surface area contributed by atoms with Gasteiger partial charge in [0.25, 0.3) is 5.91 Å². The summed E-state index contributed by atoms with van der Waals surface area (Å²) in [5, 5.41) is 3.16. The summed E-state index contributed by atoms with van der Waals surface area (Å²) in [7, 11) is 0. The van der Waals surface area contributed by atoms with E-state index in [0.29, 0.717) is 11.5 Å². The van der Waals surface area contributed by atoms with Gasteiger partial charge >= 0.3 is 5.63 Å². The first-order chi connectivity index (χ1) is 11.0. The molecule has 4 rings (SSSR count). The van der Waals surface area contributed by atoms with Crippen LogP contribution >= 0.6 is 15.9 Å². The maximum absolute atomic E-state index is 12.5. The summed E-state index contributed by atoms with van der Waals surface area (Å²) in [6.45, 7) is 2.14. The molecule has 1 heterocycles. The van der Waals surface area contributed by atoms with Crippen LogP contribution in [0.5, 0.6) is 0 Å². The second kappa shape index (κ2) is 5.76. The van der Waals surface area contributed by atoms with Crippen molar-refractivity contribution in [3.8, 4) is 0 Å². The van der Waals surface area contributed by atoms with Crippen LogP contribution < -0.4 is 10.9 Å². The molecule has 4 nitrogen and oxygen atoms in total. The summed E-state index contributed by atoms with van der Waals surface area (Å²) in [5.74, 6) is 3.84. The standard InChI is InChI=1S/C18H22BrNO3/c1-9(20-17(21)13-7-15(19)18(22)23-8-13)16-12-3-2-11-4-10(5-12)6-14(11)16/h7-12,14,16H,2-6H2,1H3,(H,20,21)/t9-,10-,11+,12-,14+,16-/m1/s1. The van der Waals surface area contributed by atoms with Crippen LogP contribution in [0.4, 0.5) is 0 Å². The van der Waals surface area contributed by atoms with E-state index in [0.717, 1.165) is 23.7 Å². The molecule has 0 unspecified atom stereocenters. The normalized spacial score (nSPS) is 36.0. The van der Waals surface area contributed by atoms with Crippen molar-refractivity contribution in [1.29, 1.82) is 0 Å². The second-order valence-electron chi connectivity index (χ2n) is 7.64. The molecule has 0 aromatic carbocycles. The van der Waals surface area contributed by atoms with E-state index in [4.69, 9.17) is 4.42 Å². The number of halogens is 1. The molecule has 1 aromatic rings. The quantitative estimate of drug-likeness (QED) is 0.872. The average Bonchev–Trinajstić information content (AvgIpc) is 2.72. The van der Waals surface area contributed by atoms with Crippen molar-refractivity contribution in [3.63, 3.8) is 0 Å². The molecule has 23 heavy (non-hydrogen) atoms. The predicted molar refractivity (Wildman–Crippen MR) is 90.1 cm³/mol. The van der Waals surface area contributed by atoms with Gasteiger partial charge in [-0.2, -0.15) is 0 Å². The number of carbonyl (C=O) groups excluding carboxylic acids is 1. The van der Waals surface area contributed by atoms with Gasteiger partial charge in [0, 0.05) is 6.04 Å². The SMILES string of the molecule is C[C@@H](NC(=O)c1coc(=O)c(Br)c1)[C@@H]1[C@@H]2CC[C@H]3C[C@H](C2)C[C@@H]31. The van der Waals surface area contributed by atoms with Gasteiger partial charge in [0.2, 0.25) is 0 Å². The van der Waals surface area contributed by atoms with E-state index in [-0.39, 0.29) is 16.4 Å². The zero-order valence-electron chi connectivity index (χ0n) is 13.3. The Balaban J connectivity index is 1.49. The van der Waals surface area contributed by atoms with Gasteiger partial charge in [0.15, 0.2) is 0 Å². The third-order valence-electron chi connectivity index (χ3n) is 6.40. The van der Waals surface area contributed by atoms with Crippen molar-refractivity contribution in [2.75, 3.05) is 0 Å². The molecule has 0 radical (unpaired) electrons. The highest BCUT2D eigenvalue weighted by molar-refractivity contribution is 9.10. The van der Waals surface area contributed by atoms with Gasteiger partial charge < -0.3 is 9.73 Å². The Morgan fingerprint density at radius 1 is 1.30 bits per heavy atom. The lowest BCUT2D eigenvalue weighted by molar-refractivity contribution is 0.0518. The van der Waals surface area contributed by atoms with Gasteiger partial charge in [-0.3, -0.25) is 4.79 Å². The Bertz CT molecular complexity index is 685. The largest absolute Gasteiger partial charge is 0.430 e. The molecule has 3 bridgehead atoms. The van der Waals surface area contributed by atoms with E-state index in [9.17, 15) is 9.59 Å². The lowest BCUT2D eigenvalue weighted by Gasteiger charge is -2.45. The molecule has 0 aliphatic heterocycles. The highest BCUT2D eigenvalue weighted by atomic mass is 79.9. The minimum atomic E-state index is -0.462. The Hall–Kier alpha value is -1.10. The Kier molecular flexibility index (Phi) is 3.87. The number of hydrogen-bond donors (Lipinski definition) is 1. The van der Waals surface area contributed by atoms with Crippen LogP contribution in [0.1, 0.15) is 49.4 Å². The van der Waals surface area contributed by atoms with E-state index >= 15 is 0 Å². The van der Waals surface area contributed by atoms with Crippen LogP contribution in [0.3, 0.4) is 0 Å². The Labute approximate surface area is 144 Å². The van der Waals surface area contributed by atoms with E-state index < -0.39 is 5.63 Å². The summed E-state index contributed by atoms with van der Waals surface area (Å²) >= 11 is 3.12. The zero-order valence-corrected chi connectivity index (χ0v) is 14.8. The molecule has 1 amide bonds. The minimum Gasteiger partial charge on any atom is -0.430 e. The van der Waals surface area contributed by atoms with E-state index in [1.165, 1.54) is 44.4 Å². The molecule has 3 aliphatic rings. The van der Waals surface area contributed by atoms with E-state index in [1.54, 1.807) is 0 Å². The van der Waals surface area contributed by atoms with Gasteiger partial charge in [0.05, 0.1) is 5.56 Å². The first kappa shape index (κ1) is 15.4. The summed E-state index contributed by atoms with van der Waals surface area (Å²) in [5.41, 5.74) is -0.0650. The van der Waals surface area contributed by atoms with Gasteiger partial charge in [-0.05, 0) is 90.6 Å². The third-order valence-corrected chi connectivity index (χ3v) is 6.95. The van der Waals surface area contributed by atoms with Gasteiger partial charge in [-0.1, -0.05) is 0 Å². The Morgan fingerprint density at radius 2 is 2.04 bits per heavy atom. The molecule has 6 atom stereocenters. The second-order valence-corrected chi connectivity index (χ2v) is 8.50. The predicted octanol–water partition coefficient (Wildman–Crippen LogP) is 3.59. The number of carbonyl (C=O) groups is 1. The average molecular weight is 380 g/mol. The van der Waals surface area contributed by atoms with Gasteiger partial charge in [-0.25, -0.2) is 4.79 Å².